The van der Waals surface area contributed by atoms with Crippen molar-refractivity contribution in [3.05, 3.63) is 0 Å². The first-order valence-electron chi connectivity index (χ1n) is 5.17. The van der Waals surface area contributed by atoms with Crippen LogP contribution in [0.25, 0.3) is 0 Å². The van der Waals surface area contributed by atoms with E-state index in [0.717, 1.165) is 19.3 Å². The van der Waals surface area contributed by atoms with Gasteiger partial charge in [0, 0.05) is 32.1 Å². The maximum atomic E-state index is 11.3. The van der Waals surface area contributed by atoms with Gasteiger partial charge in [-0.2, -0.15) is 0 Å². The third-order valence-corrected chi connectivity index (χ3v) is 2.77. The summed E-state index contributed by atoms with van der Waals surface area (Å²) in [4.78, 5) is 11.3. The van der Waals surface area contributed by atoms with Crippen LogP contribution >= 0.6 is 0 Å². The second-order valence-corrected chi connectivity index (χ2v) is 3.79. The molecule has 0 aromatic carbocycles. The molecule has 1 fully saturated rings. The van der Waals surface area contributed by atoms with Crippen LogP contribution in [0.15, 0.2) is 0 Å². The van der Waals surface area contributed by atoms with Gasteiger partial charge in [0.1, 0.15) is 0 Å². The summed E-state index contributed by atoms with van der Waals surface area (Å²) in [5, 5.41) is 12.0. The Balaban J connectivity index is 2.25. The first-order valence-corrected chi connectivity index (χ1v) is 5.17. The number of aliphatic hydroxyl groups is 1. The van der Waals surface area contributed by atoms with Gasteiger partial charge in [-0.25, -0.2) is 0 Å². The summed E-state index contributed by atoms with van der Waals surface area (Å²) >= 11 is 0. The standard InChI is InChI=1S/C10H19NO3/c1-14-6-5-10(13)11-9-4-2-3-8(9)7-12/h8-9,12H,2-7H2,1H3,(H,11,13). The Labute approximate surface area is 84.6 Å². The topological polar surface area (TPSA) is 58.6 Å². The van der Waals surface area contributed by atoms with E-state index in [-0.39, 0.29) is 24.5 Å². The lowest BCUT2D eigenvalue weighted by Crippen LogP contribution is -2.38. The highest BCUT2D eigenvalue weighted by Crippen LogP contribution is 2.24. The maximum Gasteiger partial charge on any atom is 0.222 e. The van der Waals surface area contributed by atoms with Crippen LogP contribution in [0.2, 0.25) is 0 Å². The number of nitrogens with one attached hydrogen (secondary N) is 1. The minimum Gasteiger partial charge on any atom is -0.396 e. The van der Waals surface area contributed by atoms with E-state index in [1.54, 1.807) is 7.11 Å². The number of carbonyl (C=O) groups is 1. The molecule has 0 radical (unpaired) electrons. The fourth-order valence-corrected chi connectivity index (χ4v) is 1.92. The second-order valence-electron chi connectivity index (χ2n) is 3.79. The van der Waals surface area contributed by atoms with Crippen LogP contribution in [-0.4, -0.2) is 37.4 Å². The SMILES string of the molecule is COCCC(=O)NC1CCCC1CO. The number of carbonyl (C=O) groups excluding carboxylic acids is 1. The number of amides is 1. The summed E-state index contributed by atoms with van der Waals surface area (Å²) in [7, 11) is 1.58. The molecule has 4 nitrogen and oxygen atoms in total. The first-order chi connectivity index (χ1) is 6.77. The number of hydrogen-bond donors (Lipinski definition) is 2. The number of aliphatic hydroxyl groups excluding tert-OH is 1. The Kier molecular flexibility index (Phi) is 4.90. The highest BCUT2D eigenvalue weighted by molar-refractivity contribution is 5.76. The summed E-state index contributed by atoms with van der Waals surface area (Å²) in [6.07, 6.45) is 3.52. The summed E-state index contributed by atoms with van der Waals surface area (Å²) in [5.74, 6) is 0.277. The third kappa shape index (κ3) is 3.27. The van der Waals surface area contributed by atoms with Crippen molar-refractivity contribution in [1.29, 1.82) is 0 Å². The van der Waals surface area contributed by atoms with Crippen molar-refractivity contribution in [2.45, 2.75) is 31.7 Å². The average molecular weight is 201 g/mol. The smallest absolute Gasteiger partial charge is 0.222 e. The molecule has 0 saturated heterocycles. The van der Waals surface area contributed by atoms with Gasteiger partial charge >= 0.3 is 0 Å². The normalized spacial score (nSPS) is 26.4. The summed E-state index contributed by atoms with van der Waals surface area (Å²) in [6.45, 7) is 0.636. The minimum atomic E-state index is 0.0252. The van der Waals surface area contributed by atoms with Crippen LogP contribution in [0.3, 0.4) is 0 Å². The highest BCUT2D eigenvalue weighted by atomic mass is 16.5. The van der Waals surface area contributed by atoms with Crippen molar-refractivity contribution in [1.82, 2.24) is 5.32 Å². The zero-order valence-electron chi connectivity index (χ0n) is 8.66. The molecule has 0 heterocycles. The quantitative estimate of drug-likeness (QED) is 0.672. The fraction of sp³-hybridized carbons (Fsp3) is 0.900. The monoisotopic (exact) mass is 201 g/mol. The van der Waals surface area contributed by atoms with Gasteiger partial charge in [0.25, 0.3) is 0 Å². The van der Waals surface area contributed by atoms with Crippen molar-refractivity contribution < 1.29 is 14.6 Å². The van der Waals surface area contributed by atoms with E-state index >= 15 is 0 Å². The van der Waals surface area contributed by atoms with Crippen LogP contribution in [0, 0.1) is 5.92 Å². The lowest BCUT2D eigenvalue weighted by molar-refractivity contribution is -0.123. The average Bonchev–Trinajstić information content (AvgIpc) is 2.62. The lowest BCUT2D eigenvalue weighted by atomic mass is 10.1. The molecule has 4 heteroatoms. The molecule has 2 atom stereocenters. The molecule has 0 bridgehead atoms. The van der Waals surface area contributed by atoms with Gasteiger partial charge in [-0.15, -0.1) is 0 Å². The van der Waals surface area contributed by atoms with Gasteiger partial charge in [-0.1, -0.05) is 6.42 Å². The highest BCUT2D eigenvalue weighted by Gasteiger charge is 2.27. The van der Waals surface area contributed by atoms with Crippen LogP contribution in [0.1, 0.15) is 25.7 Å². The molecule has 0 aromatic rings. The largest absolute Gasteiger partial charge is 0.396 e. The summed E-state index contributed by atoms with van der Waals surface area (Å²) < 4.78 is 4.82. The van der Waals surface area contributed by atoms with E-state index in [1.807, 2.05) is 0 Å². The molecule has 82 valence electrons. The van der Waals surface area contributed by atoms with E-state index < -0.39 is 0 Å². The van der Waals surface area contributed by atoms with Crippen molar-refractivity contribution >= 4 is 5.91 Å². The van der Waals surface area contributed by atoms with Crippen LogP contribution < -0.4 is 5.32 Å². The van der Waals surface area contributed by atoms with Gasteiger partial charge in [-0.05, 0) is 12.8 Å². The predicted molar refractivity (Wildman–Crippen MR) is 52.9 cm³/mol. The maximum absolute atomic E-state index is 11.3. The summed E-state index contributed by atoms with van der Waals surface area (Å²) in [5.41, 5.74) is 0. The molecule has 2 unspecified atom stereocenters. The molecule has 0 aliphatic heterocycles. The molecule has 0 spiro atoms. The molecular formula is C10H19NO3. The molecular weight excluding hydrogens is 182 g/mol. The third-order valence-electron chi connectivity index (χ3n) is 2.77. The van der Waals surface area contributed by atoms with Crippen molar-refractivity contribution in [2.75, 3.05) is 20.3 Å². The Hall–Kier alpha value is -0.610. The molecule has 1 amide bonds. The minimum absolute atomic E-state index is 0.0252. The number of methoxy groups -OCH3 is 1. The van der Waals surface area contributed by atoms with E-state index in [0.29, 0.717) is 13.0 Å². The van der Waals surface area contributed by atoms with Gasteiger partial charge in [0.05, 0.1) is 6.61 Å². The van der Waals surface area contributed by atoms with Crippen LogP contribution in [0.4, 0.5) is 0 Å². The molecule has 1 aliphatic carbocycles. The van der Waals surface area contributed by atoms with Gasteiger partial charge in [0.15, 0.2) is 0 Å². The fourth-order valence-electron chi connectivity index (χ4n) is 1.92. The zero-order chi connectivity index (χ0) is 10.4. The molecule has 1 aliphatic rings. The molecule has 14 heavy (non-hydrogen) atoms. The number of hydrogen-bond acceptors (Lipinski definition) is 3. The van der Waals surface area contributed by atoms with Crippen LogP contribution in [-0.2, 0) is 9.53 Å². The Morgan fingerprint density at radius 3 is 3.00 bits per heavy atom. The Morgan fingerprint density at radius 1 is 1.57 bits per heavy atom. The van der Waals surface area contributed by atoms with Gasteiger partial charge in [0.2, 0.25) is 5.91 Å². The lowest BCUT2D eigenvalue weighted by Gasteiger charge is -2.18. The van der Waals surface area contributed by atoms with E-state index in [9.17, 15) is 4.79 Å². The Morgan fingerprint density at radius 2 is 2.36 bits per heavy atom. The molecule has 1 rings (SSSR count). The zero-order valence-corrected chi connectivity index (χ0v) is 8.66. The summed E-state index contributed by atoms with van der Waals surface area (Å²) in [6, 6.07) is 0.171. The molecule has 2 N–H and O–H groups in total. The van der Waals surface area contributed by atoms with Crippen molar-refractivity contribution in [3.8, 4) is 0 Å². The van der Waals surface area contributed by atoms with Gasteiger partial charge in [-0.3, -0.25) is 4.79 Å². The van der Waals surface area contributed by atoms with Crippen molar-refractivity contribution in [3.63, 3.8) is 0 Å². The van der Waals surface area contributed by atoms with Gasteiger partial charge < -0.3 is 15.2 Å². The second kappa shape index (κ2) is 5.98. The Bertz CT molecular complexity index is 184. The van der Waals surface area contributed by atoms with E-state index in [1.165, 1.54) is 0 Å². The van der Waals surface area contributed by atoms with Crippen LogP contribution in [0.5, 0.6) is 0 Å². The first kappa shape index (κ1) is 11.5. The van der Waals surface area contributed by atoms with E-state index in [4.69, 9.17) is 9.84 Å². The van der Waals surface area contributed by atoms with Crippen molar-refractivity contribution in [2.24, 2.45) is 5.92 Å². The molecule has 0 aromatic heterocycles. The number of ether oxygens (including phenoxy) is 1. The number of rotatable bonds is 5. The predicted octanol–water partition coefficient (Wildman–Crippen LogP) is 0.300. The van der Waals surface area contributed by atoms with E-state index in [2.05, 4.69) is 5.32 Å². The molecule has 1 saturated carbocycles.